The molecular formula is C15H22N4O3. The molecule has 7 heteroatoms. The molecule has 1 saturated heterocycles. The van der Waals surface area contributed by atoms with Crippen LogP contribution >= 0.6 is 0 Å². The van der Waals surface area contributed by atoms with Crippen molar-refractivity contribution in [3.05, 3.63) is 18.2 Å². The van der Waals surface area contributed by atoms with Crippen LogP contribution in [-0.2, 0) is 27.4 Å². The van der Waals surface area contributed by atoms with Crippen molar-refractivity contribution in [1.82, 2.24) is 19.4 Å². The summed E-state index contributed by atoms with van der Waals surface area (Å²) >= 11 is 0. The lowest BCUT2D eigenvalue weighted by Gasteiger charge is -2.30. The molecule has 1 unspecified atom stereocenters. The van der Waals surface area contributed by atoms with Crippen LogP contribution in [0.15, 0.2) is 12.4 Å². The molecule has 3 heterocycles. The number of hydrogen-bond donors (Lipinski definition) is 0. The van der Waals surface area contributed by atoms with E-state index < -0.39 is 6.10 Å². The quantitative estimate of drug-likeness (QED) is 0.803. The van der Waals surface area contributed by atoms with Gasteiger partial charge in [-0.2, -0.15) is 0 Å². The van der Waals surface area contributed by atoms with Crippen molar-refractivity contribution in [1.29, 1.82) is 0 Å². The molecule has 22 heavy (non-hydrogen) atoms. The molecule has 2 aliphatic heterocycles. The number of carbonyl (C=O) groups excluding carboxylic acids is 2. The first-order valence-electron chi connectivity index (χ1n) is 7.78. The highest BCUT2D eigenvalue weighted by molar-refractivity contribution is 5.87. The van der Waals surface area contributed by atoms with Gasteiger partial charge in [0.25, 0.3) is 5.91 Å². The first-order valence-corrected chi connectivity index (χ1v) is 7.78. The fourth-order valence-corrected chi connectivity index (χ4v) is 3.09. The Morgan fingerprint density at radius 3 is 3.05 bits per heavy atom. The second-order valence-corrected chi connectivity index (χ2v) is 5.83. The number of hydrogen-bond acceptors (Lipinski definition) is 4. The summed E-state index contributed by atoms with van der Waals surface area (Å²) in [5.41, 5.74) is 0. The summed E-state index contributed by atoms with van der Waals surface area (Å²) in [6.45, 7) is 2.71. The second-order valence-electron chi connectivity index (χ2n) is 5.83. The molecule has 0 saturated carbocycles. The number of nitrogens with zero attached hydrogens (tertiary/aromatic N) is 4. The van der Waals surface area contributed by atoms with Crippen molar-refractivity contribution in [2.24, 2.45) is 0 Å². The average Bonchev–Trinajstić information content (AvgIpc) is 2.93. The standard InChI is InChI=1S/C15H22N4O3/c1-22-12-4-2-3-6-19(15(12)21)11-14(20)18-9-8-17-7-5-16-13(17)10-18/h5,7,12H,2-4,6,8-11H2,1H3. The van der Waals surface area contributed by atoms with Crippen molar-refractivity contribution in [3.63, 3.8) is 0 Å². The van der Waals surface area contributed by atoms with Gasteiger partial charge >= 0.3 is 0 Å². The summed E-state index contributed by atoms with van der Waals surface area (Å²) in [6.07, 6.45) is 5.89. The molecular weight excluding hydrogens is 284 g/mol. The molecule has 1 aromatic rings. The highest BCUT2D eigenvalue weighted by atomic mass is 16.5. The van der Waals surface area contributed by atoms with Gasteiger partial charge in [-0.15, -0.1) is 0 Å². The number of fused-ring (bicyclic) bond motifs is 1. The van der Waals surface area contributed by atoms with E-state index in [1.165, 1.54) is 0 Å². The maximum Gasteiger partial charge on any atom is 0.252 e. The zero-order valence-electron chi connectivity index (χ0n) is 12.9. The van der Waals surface area contributed by atoms with E-state index in [2.05, 4.69) is 9.55 Å². The van der Waals surface area contributed by atoms with Gasteiger partial charge in [0.05, 0.1) is 13.1 Å². The van der Waals surface area contributed by atoms with E-state index >= 15 is 0 Å². The summed E-state index contributed by atoms with van der Waals surface area (Å²) < 4.78 is 7.30. The molecule has 0 aliphatic carbocycles. The molecule has 7 nitrogen and oxygen atoms in total. The van der Waals surface area contributed by atoms with Crippen LogP contribution in [0.5, 0.6) is 0 Å². The van der Waals surface area contributed by atoms with E-state index in [1.807, 2.05) is 6.20 Å². The third-order valence-corrected chi connectivity index (χ3v) is 4.44. The lowest BCUT2D eigenvalue weighted by Crippen LogP contribution is -2.47. The Kier molecular flexibility index (Phi) is 4.42. The lowest BCUT2D eigenvalue weighted by molar-refractivity contribution is -0.147. The van der Waals surface area contributed by atoms with Crippen LogP contribution in [0.3, 0.4) is 0 Å². The van der Waals surface area contributed by atoms with Gasteiger partial charge < -0.3 is 19.1 Å². The minimum atomic E-state index is -0.407. The number of ether oxygens (including phenoxy) is 1. The summed E-state index contributed by atoms with van der Waals surface area (Å²) in [5, 5.41) is 0. The van der Waals surface area contributed by atoms with Gasteiger partial charge in [-0.3, -0.25) is 9.59 Å². The van der Waals surface area contributed by atoms with Gasteiger partial charge in [0.1, 0.15) is 11.9 Å². The van der Waals surface area contributed by atoms with Gasteiger partial charge in [0.2, 0.25) is 5.91 Å². The number of imidazole rings is 1. The Labute approximate surface area is 129 Å². The summed E-state index contributed by atoms with van der Waals surface area (Å²) in [4.78, 5) is 32.6. The first kappa shape index (κ1) is 15.0. The topological polar surface area (TPSA) is 67.7 Å². The third kappa shape index (κ3) is 2.99. The second kappa shape index (κ2) is 6.48. The van der Waals surface area contributed by atoms with Crippen molar-refractivity contribution < 1.29 is 14.3 Å². The van der Waals surface area contributed by atoms with E-state index in [-0.39, 0.29) is 18.4 Å². The van der Waals surface area contributed by atoms with E-state index in [4.69, 9.17) is 4.74 Å². The van der Waals surface area contributed by atoms with Crippen LogP contribution in [0.2, 0.25) is 0 Å². The Balaban J connectivity index is 1.62. The van der Waals surface area contributed by atoms with E-state index in [0.717, 1.165) is 31.6 Å². The SMILES string of the molecule is COC1CCCCN(CC(=O)N2CCn3ccnc3C2)C1=O. The predicted molar refractivity (Wildman–Crippen MR) is 78.9 cm³/mol. The summed E-state index contributed by atoms with van der Waals surface area (Å²) in [6, 6.07) is 0. The van der Waals surface area contributed by atoms with Crippen molar-refractivity contribution >= 4 is 11.8 Å². The fraction of sp³-hybridized carbons (Fsp3) is 0.667. The smallest absolute Gasteiger partial charge is 0.252 e. The number of aromatic nitrogens is 2. The molecule has 3 rings (SSSR count). The molecule has 1 aromatic heterocycles. The lowest BCUT2D eigenvalue weighted by atomic mass is 10.2. The molecule has 0 aromatic carbocycles. The van der Waals surface area contributed by atoms with E-state index in [9.17, 15) is 9.59 Å². The number of likely N-dealkylation sites (tertiary alicyclic amines) is 1. The van der Waals surface area contributed by atoms with Crippen LogP contribution in [0, 0.1) is 0 Å². The normalized spacial score (nSPS) is 22.4. The predicted octanol–water partition coefficient (Wildman–Crippen LogP) is 0.253. The van der Waals surface area contributed by atoms with Gasteiger partial charge in [0.15, 0.2) is 0 Å². The molecule has 0 bridgehead atoms. The van der Waals surface area contributed by atoms with Gasteiger partial charge in [-0.25, -0.2) is 4.98 Å². The molecule has 120 valence electrons. The summed E-state index contributed by atoms with van der Waals surface area (Å²) in [7, 11) is 1.55. The molecule has 2 amide bonds. The van der Waals surface area contributed by atoms with Gasteiger partial charge in [0, 0.05) is 39.1 Å². The van der Waals surface area contributed by atoms with Gasteiger partial charge in [-0.05, 0) is 19.3 Å². The minimum absolute atomic E-state index is 0.0145. The average molecular weight is 306 g/mol. The third-order valence-electron chi connectivity index (χ3n) is 4.44. The molecule has 2 aliphatic rings. The molecule has 1 atom stereocenters. The zero-order valence-corrected chi connectivity index (χ0v) is 12.9. The molecule has 0 spiro atoms. The molecule has 0 N–H and O–H groups in total. The highest BCUT2D eigenvalue weighted by Crippen LogP contribution is 2.16. The van der Waals surface area contributed by atoms with Crippen molar-refractivity contribution in [2.75, 3.05) is 26.7 Å². The Hall–Kier alpha value is -1.89. The zero-order chi connectivity index (χ0) is 15.5. The number of rotatable bonds is 3. The Bertz CT molecular complexity index is 557. The first-order chi connectivity index (χ1) is 10.7. The van der Waals surface area contributed by atoms with Crippen LogP contribution in [0.25, 0.3) is 0 Å². The Morgan fingerprint density at radius 2 is 2.23 bits per heavy atom. The summed E-state index contributed by atoms with van der Waals surface area (Å²) in [5.74, 6) is 0.822. The fourth-order valence-electron chi connectivity index (χ4n) is 3.09. The highest BCUT2D eigenvalue weighted by Gasteiger charge is 2.30. The van der Waals surface area contributed by atoms with Crippen LogP contribution in [0.1, 0.15) is 25.1 Å². The van der Waals surface area contributed by atoms with E-state index in [1.54, 1.807) is 23.1 Å². The van der Waals surface area contributed by atoms with Crippen LogP contribution < -0.4 is 0 Å². The van der Waals surface area contributed by atoms with Crippen molar-refractivity contribution in [3.8, 4) is 0 Å². The monoisotopic (exact) mass is 306 g/mol. The Morgan fingerprint density at radius 1 is 1.36 bits per heavy atom. The number of amides is 2. The molecule has 1 fully saturated rings. The van der Waals surface area contributed by atoms with Crippen LogP contribution in [-0.4, -0.2) is 64.0 Å². The van der Waals surface area contributed by atoms with E-state index in [0.29, 0.717) is 19.6 Å². The maximum absolute atomic E-state index is 12.5. The van der Waals surface area contributed by atoms with Crippen molar-refractivity contribution in [2.45, 2.75) is 38.5 Å². The largest absolute Gasteiger partial charge is 0.372 e. The molecule has 0 radical (unpaired) electrons. The number of methoxy groups -OCH3 is 1. The van der Waals surface area contributed by atoms with Gasteiger partial charge in [-0.1, -0.05) is 0 Å². The minimum Gasteiger partial charge on any atom is -0.372 e. The maximum atomic E-state index is 12.5. The number of carbonyl (C=O) groups is 2. The van der Waals surface area contributed by atoms with Crippen LogP contribution in [0.4, 0.5) is 0 Å².